The van der Waals surface area contributed by atoms with Gasteiger partial charge in [0.15, 0.2) is 0 Å². The second kappa shape index (κ2) is 9.42. The van der Waals surface area contributed by atoms with Crippen LogP contribution in [-0.4, -0.2) is 29.1 Å². The number of rotatable bonds is 10. The number of carbonyl (C=O) groups excluding carboxylic acids is 1. The van der Waals surface area contributed by atoms with Gasteiger partial charge in [0.25, 0.3) is 0 Å². The summed E-state index contributed by atoms with van der Waals surface area (Å²) in [6.45, 7) is 4.10. The van der Waals surface area contributed by atoms with Gasteiger partial charge in [-0.05, 0) is 55.7 Å². The SMILES string of the molecule is Cc1cc(OCCCCn2c(CCNC=O)nc3ccccc32)ccc1Cl. The highest BCUT2D eigenvalue weighted by atomic mass is 35.5. The third-order valence-corrected chi connectivity index (χ3v) is 4.91. The third-order valence-electron chi connectivity index (χ3n) is 4.48. The van der Waals surface area contributed by atoms with Gasteiger partial charge in [0.2, 0.25) is 6.41 Å². The third kappa shape index (κ3) is 5.01. The summed E-state index contributed by atoms with van der Waals surface area (Å²) in [6.07, 6.45) is 3.37. The topological polar surface area (TPSA) is 56.1 Å². The summed E-state index contributed by atoms with van der Waals surface area (Å²) in [6, 6.07) is 13.9. The van der Waals surface area contributed by atoms with Crippen molar-refractivity contribution in [3.05, 3.63) is 58.9 Å². The molecule has 1 heterocycles. The minimum atomic E-state index is 0.589. The van der Waals surface area contributed by atoms with E-state index in [0.29, 0.717) is 19.6 Å². The molecule has 1 amide bonds. The van der Waals surface area contributed by atoms with Crippen LogP contribution in [0.2, 0.25) is 5.02 Å². The number of para-hydroxylation sites is 2. The lowest BCUT2D eigenvalue weighted by Crippen LogP contribution is -2.17. The minimum Gasteiger partial charge on any atom is -0.494 e. The molecule has 0 saturated carbocycles. The number of hydrogen-bond acceptors (Lipinski definition) is 3. The second-order valence-electron chi connectivity index (χ2n) is 6.46. The van der Waals surface area contributed by atoms with Gasteiger partial charge in [-0.1, -0.05) is 23.7 Å². The Morgan fingerprint density at radius 1 is 1.22 bits per heavy atom. The number of aromatic nitrogens is 2. The van der Waals surface area contributed by atoms with Crippen LogP contribution in [0.15, 0.2) is 42.5 Å². The Hall–Kier alpha value is -2.53. The fourth-order valence-corrected chi connectivity index (χ4v) is 3.20. The number of ether oxygens (including phenoxy) is 1. The number of aryl methyl sites for hydroxylation is 2. The van der Waals surface area contributed by atoms with Gasteiger partial charge in [0.05, 0.1) is 17.6 Å². The van der Waals surface area contributed by atoms with Gasteiger partial charge in [-0.15, -0.1) is 0 Å². The summed E-state index contributed by atoms with van der Waals surface area (Å²) in [5.74, 6) is 1.85. The second-order valence-corrected chi connectivity index (χ2v) is 6.86. The number of nitrogens with zero attached hydrogens (tertiary/aromatic N) is 2. The molecule has 1 N–H and O–H groups in total. The molecule has 0 aliphatic heterocycles. The lowest BCUT2D eigenvalue weighted by Gasteiger charge is -2.10. The van der Waals surface area contributed by atoms with Crippen LogP contribution in [0.1, 0.15) is 24.2 Å². The number of amides is 1. The van der Waals surface area contributed by atoms with Crippen molar-refractivity contribution in [2.75, 3.05) is 13.2 Å². The highest BCUT2D eigenvalue weighted by molar-refractivity contribution is 6.31. The summed E-state index contributed by atoms with van der Waals surface area (Å²) >= 11 is 6.04. The molecule has 27 heavy (non-hydrogen) atoms. The molecule has 0 aliphatic carbocycles. The molecule has 0 unspecified atom stereocenters. The molecule has 3 rings (SSSR count). The van der Waals surface area contributed by atoms with Crippen molar-refractivity contribution in [3.8, 4) is 5.75 Å². The number of halogens is 1. The normalized spacial score (nSPS) is 10.9. The Kier molecular flexibility index (Phi) is 6.71. The van der Waals surface area contributed by atoms with E-state index in [4.69, 9.17) is 21.3 Å². The summed E-state index contributed by atoms with van der Waals surface area (Å²) in [5, 5.41) is 3.46. The van der Waals surface area contributed by atoms with Gasteiger partial charge in [0, 0.05) is 24.5 Å². The van der Waals surface area contributed by atoms with Gasteiger partial charge in [0.1, 0.15) is 11.6 Å². The molecular formula is C21H24ClN3O2. The summed E-state index contributed by atoms with van der Waals surface area (Å²) in [7, 11) is 0. The zero-order valence-corrected chi connectivity index (χ0v) is 16.2. The predicted octanol–water partition coefficient (Wildman–Crippen LogP) is 4.15. The maximum atomic E-state index is 10.5. The molecule has 0 saturated heterocycles. The number of hydrogen-bond donors (Lipinski definition) is 1. The Labute approximate surface area is 164 Å². The van der Waals surface area contributed by atoms with Crippen molar-refractivity contribution in [2.24, 2.45) is 0 Å². The van der Waals surface area contributed by atoms with E-state index in [1.165, 1.54) is 0 Å². The van der Waals surface area contributed by atoms with E-state index in [9.17, 15) is 4.79 Å². The van der Waals surface area contributed by atoms with Crippen LogP contribution < -0.4 is 10.1 Å². The van der Waals surface area contributed by atoms with E-state index < -0.39 is 0 Å². The van der Waals surface area contributed by atoms with Gasteiger partial charge in [-0.2, -0.15) is 0 Å². The minimum absolute atomic E-state index is 0.589. The number of benzene rings is 2. The zero-order chi connectivity index (χ0) is 19.1. The number of unbranched alkanes of at least 4 members (excludes halogenated alkanes) is 1. The highest BCUT2D eigenvalue weighted by Gasteiger charge is 2.09. The molecule has 0 bridgehead atoms. The van der Waals surface area contributed by atoms with Crippen molar-refractivity contribution in [2.45, 2.75) is 32.7 Å². The maximum Gasteiger partial charge on any atom is 0.207 e. The Morgan fingerprint density at radius 3 is 2.89 bits per heavy atom. The summed E-state index contributed by atoms with van der Waals surface area (Å²) in [5.41, 5.74) is 3.15. The molecular weight excluding hydrogens is 362 g/mol. The van der Waals surface area contributed by atoms with Gasteiger partial charge < -0.3 is 14.6 Å². The van der Waals surface area contributed by atoms with Crippen LogP contribution in [-0.2, 0) is 17.8 Å². The van der Waals surface area contributed by atoms with E-state index in [1.54, 1.807) is 0 Å². The average molecular weight is 386 g/mol. The van der Waals surface area contributed by atoms with E-state index in [2.05, 4.69) is 16.0 Å². The molecule has 5 nitrogen and oxygen atoms in total. The van der Waals surface area contributed by atoms with Crippen molar-refractivity contribution in [1.29, 1.82) is 0 Å². The lowest BCUT2D eigenvalue weighted by molar-refractivity contribution is -0.109. The van der Waals surface area contributed by atoms with Crippen LogP contribution in [0.3, 0.4) is 0 Å². The zero-order valence-electron chi connectivity index (χ0n) is 15.5. The fraction of sp³-hybridized carbons (Fsp3) is 0.333. The Balaban J connectivity index is 1.56. The molecule has 0 fully saturated rings. The van der Waals surface area contributed by atoms with Crippen molar-refractivity contribution < 1.29 is 9.53 Å². The first kappa shape index (κ1) is 19.2. The largest absolute Gasteiger partial charge is 0.494 e. The smallest absolute Gasteiger partial charge is 0.207 e. The van der Waals surface area contributed by atoms with Crippen LogP contribution in [0.5, 0.6) is 5.75 Å². The van der Waals surface area contributed by atoms with Crippen LogP contribution >= 0.6 is 11.6 Å². The first-order valence-corrected chi connectivity index (χ1v) is 9.57. The van der Waals surface area contributed by atoms with Crippen LogP contribution in [0, 0.1) is 6.92 Å². The Bertz CT molecular complexity index is 908. The predicted molar refractivity (Wildman–Crippen MR) is 108 cm³/mol. The Morgan fingerprint density at radius 2 is 2.07 bits per heavy atom. The average Bonchev–Trinajstić information content (AvgIpc) is 3.02. The number of imidazole rings is 1. The van der Waals surface area contributed by atoms with Gasteiger partial charge in [-0.25, -0.2) is 4.98 Å². The molecule has 142 valence electrons. The molecule has 1 aromatic heterocycles. The number of fused-ring (bicyclic) bond motifs is 1. The molecule has 2 aromatic carbocycles. The van der Waals surface area contributed by atoms with Crippen molar-refractivity contribution in [1.82, 2.24) is 14.9 Å². The molecule has 0 spiro atoms. The maximum absolute atomic E-state index is 10.5. The highest BCUT2D eigenvalue weighted by Crippen LogP contribution is 2.21. The molecule has 6 heteroatoms. The van der Waals surface area contributed by atoms with E-state index in [-0.39, 0.29) is 0 Å². The fourth-order valence-electron chi connectivity index (χ4n) is 3.08. The van der Waals surface area contributed by atoms with Crippen LogP contribution in [0.25, 0.3) is 11.0 Å². The molecule has 0 aliphatic rings. The van der Waals surface area contributed by atoms with Crippen molar-refractivity contribution in [3.63, 3.8) is 0 Å². The standard InChI is InChI=1S/C21H24ClN3O2/c1-16-14-17(8-9-18(16)22)27-13-5-4-12-25-20-7-3-2-6-19(20)24-21(25)10-11-23-15-26/h2-3,6-9,14-15H,4-5,10-13H2,1H3,(H,23,26). The van der Waals surface area contributed by atoms with E-state index in [0.717, 1.165) is 59.0 Å². The molecule has 0 radical (unpaired) electrons. The molecule has 0 atom stereocenters. The summed E-state index contributed by atoms with van der Waals surface area (Å²) in [4.78, 5) is 15.2. The number of nitrogens with one attached hydrogen (secondary N) is 1. The quantitative estimate of drug-likeness (QED) is 0.421. The first-order chi connectivity index (χ1) is 13.2. The summed E-state index contributed by atoms with van der Waals surface area (Å²) < 4.78 is 8.07. The monoisotopic (exact) mass is 385 g/mol. The van der Waals surface area contributed by atoms with E-state index in [1.807, 2.05) is 43.3 Å². The number of carbonyl (C=O) groups is 1. The molecule has 3 aromatic rings. The van der Waals surface area contributed by atoms with Gasteiger partial charge in [-0.3, -0.25) is 4.79 Å². The van der Waals surface area contributed by atoms with Crippen LogP contribution in [0.4, 0.5) is 0 Å². The van der Waals surface area contributed by atoms with E-state index >= 15 is 0 Å². The van der Waals surface area contributed by atoms with Crippen molar-refractivity contribution >= 4 is 29.0 Å². The lowest BCUT2D eigenvalue weighted by atomic mass is 10.2. The first-order valence-electron chi connectivity index (χ1n) is 9.19. The van der Waals surface area contributed by atoms with Gasteiger partial charge >= 0.3 is 0 Å².